The minimum atomic E-state index is -0.147. The summed E-state index contributed by atoms with van der Waals surface area (Å²) in [5.41, 5.74) is 2.73. The maximum Gasteiger partial charge on any atom is 0.252 e. The molecule has 1 aromatic carbocycles. The van der Waals surface area contributed by atoms with Gasteiger partial charge in [0.1, 0.15) is 5.82 Å². The Kier molecular flexibility index (Phi) is 4.23. The molecule has 1 atom stereocenters. The molecule has 0 fully saturated rings. The molecule has 1 amide bonds. The lowest BCUT2D eigenvalue weighted by Crippen LogP contribution is -2.25. The highest BCUT2D eigenvalue weighted by atomic mass is 16.5. The number of aromatic nitrogens is 4. The highest BCUT2D eigenvalue weighted by Gasteiger charge is 2.33. The van der Waals surface area contributed by atoms with Crippen LogP contribution in [-0.2, 0) is 4.79 Å². The molecule has 138 valence electrons. The molecule has 1 aliphatic heterocycles. The van der Waals surface area contributed by atoms with E-state index in [1.54, 1.807) is 37.4 Å². The maximum absolute atomic E-state index is 12.4. The average Bonchev–Trinajstić information content (AvgIpc) is 3.03. The predicted octanol–water partition coefficient (Wildman–Crippen LogP) is 2.46. The van der Waals surface area contributed by atoms with Crippen molar-refractivity contribution in [3.05, 3.63) is 53.5 Å². The molecule has 4 rings (SSSR count). The number of methoxy groups -OCH3 is 2. The highest BCUT2D eigenvalue weighted by Crippen LogP contribution is 2.42. The zero-order valence-electron chi connectivity index (χ0n) is 15.3. The summed E-state index contributed by atoms with van der Waals surface area (Å²) in [4.78, 5) is 20.9. The van der Waals surface area contributed by atoms with Crippen molar-refractivity contribution in [2.75, 3.05) is 19.5 Å². The molecule has 0 bridgehead atoms. The molecular formula is C19H19N5O3. The largest absolute Gasteiger partial charge is 0.493 e. The minimum Gasteiger partial charge on any atom is -0.493 e. The topological polar surface area (TPSA) is 91.2 Å². The first kappa shape index (κ1) is 17.0. The number of rotatable bonds is 4. The third-order valence-corrected chi connectivity index (χ3v) is 4.65. The van der Waals surface area contributed by atoms with Crippen molar-refractivity contribution in [2.45, 2.75) is 19.3 Å². The lowest BCUT2D eigenvalue weighted by molar-refractivity contribution is -0.116. The molecule has 0 saturated carbocycles. The molecule has 1 N–H and O–H groups in total. The summed E-state index contributed by atoms with van der Waals surface area (Å²) in [6, 6.07) is 7.43. The zero-order chi connectivity index (χ0) is 19.0. The lowest BCUT2D eigenvalue weighted by atomic mass is 9.85. The summed E-state index contributed by atoms with van der Waals surface area (Å²) in [6.07, 6.45) is 3.61. The zero-order valence-corrected chi connectivity index (χ0v) is 15.3. The first-order chi connectivity index (χ1) is 13.1. The summed E-state index contributed by atoms with van der Waals surface area (Å²) in [6.45, 7) is 1.92. The van der Waals surface area contributed by atoms with Crippen molar-refractivity contribution in [1.29, 1.82) is 0 Å². The molecule has 8 nitrogen and oxygen atoms in total. The molecule has 27 heavy (non-hydrogen) atoms. The number of fused-ring (bicyclic) bond motifs is 1. The minimum absolute atomic E-state index is 0.0839. The van der Waals surface area contributed by atoms with Crippen molar-refractivity contribution in [3.8, 4) is 17.4 Å². The quantitative estimate of drug-likeness (QED) is 0.764. The van der Waals surface area contributed by atoms with Gasteiger partial charge in [-0.3, -0.25) is 4.79 Å². The van der Waals surface area contributed by atoms with E-state index in [-0.39, 0.29) is 11.8 Å². The van der Waals surface area contributed by atoms with Crippen LogP contribution in [0.5, 0.6) is 11.5 Å². The number of carbonyl (C=O) groups excluding carboxylic acids is 1. The van der Waals surface area contributed by atoms with Gasteiger partial charge < -0.3 is 14.8 Å². The maximum atomic E-state index is 12.4. The molecule has 8 heteroatoms. The van der Waals surface area contributed by atoms with Crippen LogP contribution in [0, 0.1) is 6.92 Å². The van der Waals surface area contributed by atoms with Gasteiger partial charge in [0, 0.05) is 30.3 Å². The third kappa shape index (κ3) is 2.88. The normalized spacial score (nSPS) is 15.8. The fourth-order valence-corrected chi connectivity index (χ4v) is 3.45. The number of aryl methyl sites for hydroxylation is 1. The smallest absolute Gasteiger partial charge is 0.252 e. The Hall–Kier alpha value is -3.42. The van der Waals surface area contributed by atoms with E-state index in [0.29, 0.717) is 29.7 Å². The van der Waals surface area contributed by atoms with E-state index in [0.717, 1.165) is 16.8 Å². The van der Waals surface area contributed by atoms with Gasteiger partial charge in [0.15, 0.2) is 11.5 Å². The summed E-state index contributed by atoms with van der Waals surface area (Å²) in [5, 5.41) is 7.49. The Morgan fingerprint density at radius 3 is 2.59 bits per heavy atom. The lowest BCUT2D eigenvalue weighted by Gasteiger charge is -2.24. The summed E-state index contributed by atoms with van der Waals surface area (Å²) in [5.74, 6) is 2.06. The van der Waals surface area contributed by atoms with E-state index in [2.05, 4.69) is 20.4 Å². The van der Waals surface area contributed by atoms with Gasteiger partial charge >= 0.3 is 0 Å². The number of ether oxygens (including phenoxy) is 2. The van der Waals surface area contributed by atoms with Crippen LogP contribution < -0.4 is 14.8 Å². The van der Waals surface area contributed by atoms with Crippen LogP contribution in [0.4, 0.5) is 5.82 Å². The van der Waals surface area contributed by atoms with Crippen LogP contribution in [0.15, 0.2) is 36.7 Å². The van der Waals surface area contributed by atoms with E-state index in [9.17, 15) is 4.79 Å². The fourth-order valence-electron chi connectivity index (χ4n) is 3.45. The monoisotopic (exact) mass is 365 g/mol. The summed E-state index contributed by atoms with van der Waals surface area (Å²) >= 11 is 0. The molecule has 0 saturated heterocycles. The molecule has 0 spiro atoms. The number of hydrogen-bond donors (Lipinski definition) is 1. The molecule has 3 aromatic rings. The first-order valence-corrected chi connectivity index (χ1v) is 8.51. The van der Waals surface area contributed by atoms with Crippen LogP contribution in [0.2, 0.25) is 0 Å². The van der Waals surface area contributed by atoms with E-state index in [4.69, 9.17) is 9.47 Å². The number of hydrogen-bond acceptors (Lipinski definition) is 6. The van der Waals surface area contributed by atoms with Gasteiger partial charge in [0.25, 0.3) is 5.95 Å². The molecule has 3 heterocycles. The molecule has 0 aliphatic carbocycles. The Balaban J connectivity index is 1.85. The van der Waals surface area contributed by atoms with E-state index in [1.807, 2.05) is 25.1 Å². The third-order valence-electron chi connectivity index (χ3n) is 4.65. The number of anilines is 1. The van der Waals surface area contributed by atoms with Gasteiger partial charge in [-0.05, 0) is 30.7 Å². The molecule has 2 aromatic heterocycles. The van der Waals surface area contributed by atoms with Gasteiger partial charge in [-0.15, -0.1) is 0 Å². The standard InChI is InChI=1S/C19H19N5O3/c1-11-17-13(12-5-6-14(26-2)15(9-12)27-3)10-16(25)22-18(17)24(23-11)19-20-7-4-8-21-19/h4-9,13H,10H2,1-3H3,(H,22,25)/t13-/m1/s1. The van der Waals surface area contributed by atoms with Crippen LogP contribution in [0.25, 0.3) is 5.95 Å². The number of nitrogens with one attached hydrogen (secondary N) is 1. The highest BCUT2D eigenvalue weighted by molar-refractivity contribution is 5.95. The van der Waals surface area contributed by atoms with E-state index >= 15 is 0 Å². The second kappa shape index (κ2) is 6.71. The second-order valence-corrected chi connectivity index (χ2v) is 6.23. The van der Waals surface area contributed by atoms with Crippen molar-refractivity contribution in [2.24, 2.45) is 0 Å². The predicted molar refractivity (Wildman–Crippen MR) is 98.5 cm³/mol. The van der Waals surface area contributed by atoms with Crippen LogP contribution >= 0.6 is 0 Å². The van der Waals surface area contributed by atoms with E-state index in [1.165, 1.54) is 0 Å². The SMILES string of the molecule is COc1ccc([C@H]2CC(=O)Nc3c2c(C)nn3-c2ncccn2)cc1OC. The molecule has 0 unspecified atom stereocenters. The van der Waals surface area contributed by atoms with Crippen LogP contribution in [0.3, 0.4) is 0 Å². The first-order valence-electron chi connectivity index (χ1n) is 8.51. The summed E-state index contributed by atoms with van der Waals surface area (Å²) < 4.78 is 12.3. The fraction of sp³-hybridized carbons (Fsp3) is 0.263. The average molecular weight is 365 g/mol. The van der Waals surface area contributed by atoms with Gasteiger partial charge in [-0.25, -0.2) is 9.97 Å². The Labute approximate surface area is 156 Å². The van der Waals surface area contributed by atoms with Gasteiger partial charge in [0.05, 0.1) is 19.9 Å². The molecule has 0 radical (unpaired) electrons. The van der Waals surface area contributed by atoms with E-state index < -0.39 is 0 Å². The Morgan fingerprint density at radius 1 is 1.15 bits per heavy atom. The number of carbonyl (C=O) groups is 1. The van der Waals surface area contributed by atoms with Crippen molar-refractivity contribution < 1.29 is 14.3 Å². The number of nitrogens with zero attached hydrogens (tertiary/aromatic N) is 4. The summed E-state index contributed by atoms with van der Waals surface area (Å²) in [7, 11) is 3.19. The van der Waals surface area contributed by atoms with Crippen LogP contribution in [-0.4, -0.2) is 39.9 Å². The van der Waals surface area contributed by atoms with Crippen molar-refractivity contribution >= 4 is 11.7 Å². The van der Waals surface area contributed by atoms with Crippen molar-refractivity contribution in [3.63, 3.8) is 0 Å². The van der Waals surface area contributed by atoms with Crippen molar-refractivity contribution in [1.82, 2.24) is 19.7 Å². The Morgan fingerprint density at radius 2 is 1.89 bits per heavy atom. The Bertz CT molecular complexity index is 1000. The molecular weight excluding hydrogens is 346 g/mol. The second-order valence-electron chi connectivity index (χ2n) is 6.23. The number of benzene rings is 1. The van der Waals surface area contributed by atoms with Gasteiger partial charge in [-0.2, -0.15) is 9.78 Å². The number of amides is 1. The van der Waals surface area contributed by atoms with Gasteiger partial charge in [-0.1, -0.05) is 6.07 Å². The van der Waals surface area contributed by atoms with Gasteiger partial charge in [0.2, 0.25) is 5.91 Å². The van der Waals surface area contributed by atoms with Crippen LogP contribution in [0.1, 0.15) is 29.2 Å². The molecule has 1 aliphatic rings.